The number of hydroxylamine groups is 1. The minimum atomic E-state index is -4.73. The maximum Gasteiger partial charge on any atom is 0.422 e. The van der Waals surface area contributed by atoms with Crippen LogP contribution in [0.4, 0.5) is 13.2 Å². The van der Waals surface area contributed by atoms with E-state index in [4.69, 9.17) is 14.1 Å². The molecule has 2 aromatic carbocycles. The molecule has 0 saturated heterocycles. The Balaban J connectivity index is 1.49. The van der Waals surface area contributed by atoms with E-state index < -0.39 is 29.8 Å². The second-order valence-electron chi connectivity index (χ2n) is 7.26. The fraction of sp³-hybridized carbons (Fsp3) is 0.238. The molecule has 3 atom stereocenters. The Morgan fingerprint density at radius 2 is 1.88 bits per heavy atom. The van der Waals surface area contributed by atoms with Crippen molar-refractivity contribution in [3.8, 4) is 17.0 Å². The first-order valence-corrected chi connectivity index (χ1v) is 10.1. The van der Waals surface area contributed by atoms with Crippen LogP contribution in [0.25, 0.3) is 11.3 Å². The summed E-state index contributed by atoms with van der Waals surface area (Å²) in [7, 11) is 0. The van der Waals surface area contributed by atoms with Gasteiger partial charge in [-0.1, -0.05) is 47.6 Å². The number of halogens is 3. The monoisotopic (exact) mass is 463 g/mol. The number of nitrogens with one attached hydrogen (secondary N) is 1. The van der Waals surface area contributed by atoms with Gasteiger partial charge in [0.1, 0.15) is 23.6 Å². The number of benzene rings is 2. The first-order chi connectivity index (χ1) is 15.3. The van der Waals surface area contributed by atoms with Crippen LogP contribution in [0.15, 0.2) is 58.0 Å². The number of fused-ring (bicyclic) bond motifs is 1. The quantitative estimate of drug-likeness (QED) is 0.508. The highest BCUT2D eigenvalue weighted by Gasteiger charge is 2.44. The smallest absolute Gasteiger partial charge is 0.422 e. The van der Waals surface area contributed by atoms with Crippen molar-refractivity contribution in [2.24, 2.45) is 4.99 Å². The molecule has 3 heterocycles. The Labute approximate surface area is 185 Å². The number of thiol groups is 1. The Morgan fingerprint density at radius 3 is 2.62 bits per heavy atom. The van der Waals surface area contributed by atoms with Crippen LogP contribution in [0, 0.1) is 0 Å². The van der Waals surface area contributed by atoms with Gasteiger partial charge in [0.05, 0.1) is 11.4 Å². The molecular weight excluding hydrogens is 447 g/mol. The standard InChI is InChI=1S/C21H16F3N3O4S/c22-21(23,24)15-16(10-4-2-1-3-5-10)26-30-18(15)20-25-19(27-31-20)11-6-7-12-13(8-11)29-9-14(32)17(12)28/h1-8,14,17,20,28,32H,9H2,(H,25,27). The SMILES string of the molecule is OC1c2ccc(C3=NC(c4onc(-c5ccccc5)c4C(F)(F)F)ON3)cc2OCC1S. The van der Waals surface area contributed by atoms with Crippen molar-refractivity contribution >= 4 is 18.5 Å². The summed E-state index contributed by atoms with van der Waals surface area (Å²) in [6.45, 7) is 0.217. The summed E-state index contributed by atoms with van der Waals surface area (Å²) in [4.78, 5) is 9.49. The minimum absolute atomic E-state index is 0.190. The Hall–Kier alpha value is -3.02. The van der Waals surface area contributed by atoms with E-state index in [0.717, 1.165) is 0 Å². The summed E-state index contributed by atoms with van der Waals surface area (Å²) in [5.74, 6) is 0.0753. The first-order valence-electron chi connectivity index (χ1n) is 9.58. The van der Waals surface area contributed by atoms with Gasteiger partial charge in [-0.2, -0.15) is 25.8 Å². The van der Waals surface area contributed by atoms with Gasteiger partial charge >= 0.3 is 6.18 Å². The zero-order valence-electron chi connectivity index (χ0n) is 16.2. The highest BCUT2D eigenvalue weighted by Crippen LogP contribution is 2.43. The maximum absolute atomic E-state index is 13.9. The summed E-state index contributed by atoms with van der Waals surface area (Å²) in [6.07, 6.45) is -6.92. The van der Waals surface area contributed by atoms with Crippen molar-refractivity contribution < 1.29 is 32.4 Å². The van der Waals surface area contributed by atoms with Crippen LogP contribution in [0.2, 0.25) is 0 Å². The highest BCUT2D eigenvalue weighted by atomic mass is 32.1. The van der Waals surface area contributed by atoms with E-state index in [1.165, 1.54) is 12.1 Å². The van der Waals surface area contributed by atoms with Crippen LogP contribution < -0.4 is 10.2 Å². The maximum atomic E-state index is 13.9. The van der Waals surface area contributed by atoms with Gasteiger partial charge in [0.2, 0.25) is 12.0 Å². The fourth-order valence-corrected chi connectivity index (χ4v) is 3.83. The summed E-state index contributed by atoms with van der Waals surface area (Å²) < 4.78 is 52.3. The lowest BCUT2D eigenvalue weighted by atomic mass is 10.0. The summed E-state index contributed by atoms with van der Waals surface area (Å²) >= 11 is 4.27. The molecule has 0 spiro atoms. The zero-order valence-corrected chi connectivity index (χ0v) is 17.1. The second kappa shape index (κ2) is 7.84. The third-order valence-corrected chi connectivity index (χ3v) is 5.60. The van der Waals surface area contributed by atoms with E-state index in [9.17, 15) is 18.3 Å². The number of rotatable bonds is 3. The molecule has 11 heteroatoms. The van der Waals surface area contributed by atoms with E-state index in [-0.39, 0.29) is 28.9 Å². The normalized spacial score (nSPS) is 22.7. The zero-order chi connectivity index (χ0) is 22.5. The molecule has 0 fully saturated rings. The van der Waals surface area contributed by atoms with E-state index in [2.05, 4.69) is 28.3 Å². The van der Waals surface area contributed by atoms with Gasteiger partial charge in [-0.15, -0.1) is 0 Å². The van der Waals surface area contributed by atoms with Crippen LogP contribution in [0.5, 0.6) is 5.75 Å². The molecule has 2 aliphatic rings. The first kappa shape index (κ1) is 20.9. The van der Waals surface area contributed by atoms with Crippen molar-refractivity contribution in [3.63, 3.8) is 0 Å². The lowest BCUT2D eigenvalue weighted by Crippen LogP contribution is -2.27. The molecular formula is C21H16F3N3O4S. The lowest BCUT2D eigenvalue weighted by molar-refractivity contribution is -0.140. The summed E-state index contributed by atoms with van der Waals surface area (Å²) in [5.41, 5.74) is 2.49. The molecule has 0 saturated carbocycles. The highest BCUT2D eigenvalue weighted by molar-refractivity contribution is 7.81. The average molecular weight is 463 g/mol. The van der Waals surface area contributed by atoms with Crippen LogP contribution >= 0.6 is 12.6 Å². The topological polar surface area (TPSA) is 89.1 Å². The molecule has 3 unspecified atom stereocenters. The number of aliphatic hydroxyl groups excluding tert-OH is 1. The predicted octanol–water partition coefficient (Wildman–Crippen LogP) is 4.06. The van der Waals surface area contributed by atoms with Gasteiger partial charge in [0.15, 0.2) is 5.84 Å². The number of aliphatic imine (C=N–C) groups is 1. The molecule has 7 nitrogen and oxygen atoms in total. The molecule has 166 valence electrons. The molecule has 5 rings (SSSR count). The molecule has 2 aliphatic heterocycles. The Bertz CT molecular complexity index is 1180. The van der Waals surface area contributed by atoms with Gasteiger partial charge < -0.3 is 14.4 Å². The number of hydrogen-bond acceptors (Lipinski definition) is 8. The van der Waals surface area contributed by atoms with Gasteiger partial charge in [-0.3, -0.25) is 0 Å². The average Bonchev–Trinajstić information content (AvgIpc) is 3.44. The largest absolute Gasteiger partial charge is 0.492 e. The van der Waals surface area contributed by atoms with Gasteiger partial charge in [0, 0.05) is 16.7 Å². The third-order valence-electron chi connectivity index (χ3n) is 5.17. The van der Waals surface area contributed by atoms with Crippen molar-refractivity contribution in [1.82, 2.24) is 10.6 Å². The van der Waals surface area contributed by atoms with E-state index in [1.54, 1.807) is 36.4 Å². The van der Waals surface area contributed by atoms with Crippen LogP contribution in [-0.2, 0) is 11.0 Å². The molecule has 0 bridgehead atoms. The van der Waals surface area contributed by atoms with E-state index >= 15 is 0 Å². The van der Waals surface area contributed by atoms with Gasteiger partial charge in [0.25, 0.3) is 0 Å². The molecule has 1 aromatic heterocycles. The number of ether oxygens (including phenoxy) is 1. The molecule has 0 amide bonds. The molecule has 3 aromatic rings. The molecule has 32 heavy (non-hydrogen) atoms. The predicted molar refractivity (Wildman–Crippen MR) is 110 cm³/mol. The Kier molecular flexibility index (Phi) is 5.11. The Morgan fingerprint density at radius 1 is 1.09 bits per heavy atom. The second-order valence-corrected chi connectivity index (χ2v) is 7.92. The number of hydrogen-bond donors (Lipinski definition) is 3. The van der Waals surface area contributed by atoms with Crippen molar-refractivity contribution in [3.05, 3.63) is 71.0 Å². The van der Waals surface area contributed by atoms with Crippen LogP contribution in [-0.4, -0.2) is 28.0 Å². The minimum Gasteiger partial charge on any atom is -0.492 e. The molecule has 2 N–H and O–H groups in total. The number of amidine groups is 1. The number of nitrogens with zero attached hydrogens (tertiary/aromatic N) is 2. The lowest BCUT2D eigenvalue weighted by Gasteiger charge is -2.27. The molecule has 0 aliphatic carbocycles. The van der Waals surface area contributed by atoms with Crippen molar-refractivity contribution in [1.29, 1.82) is 0 Å². The number of aromatic nitrogens is 1. The van der Waals surface area contributed by atoms with Crippen LogP contribution in [0.1, 0.15) is 34.8 Å². The van der Waals surface area contributed by atoms with Gasteiger partial charge in [-0.25, -0.2) is 15.3 Å². The fourth-order valence-electron chi connectivity index (χ4n) is 3.59. The van der Waals surface area contributed by atoms with Crippen molar-refractivity contribution in [2.75, 3.05) is 6.61 Å². The molecule has 0 radical (unpaired) electrons. The van der Waals surface area contributed by atoms with E-state index in [0.29, 0.717) is 16.9 Å². The van der Waals surface area contributed by atoms with Crippen molar-refractivity contribution in [2.45, 2.75) is 23.8 Å². The van der Waals surface area contributed by atoms with Crippen LogP contribution in [0.3, 0.4) is 0 Å². The summed E-state index contributed by atoms with van der Waals surface area (Å²) in [5, 5.41) is 13.5. The number of aliphatic hydroxyl groups is 1. The third kappa shape index (κ3) is 3.61. The van der Waals surface area contributed by atoms with Gasteiger partial charge in [-0.05, 0) is 6.07 Å². The van der Waals surface area contributed by atoms with E-state index in [1.807, 2.05) is 0 Å². The number of alkyl halides is 3. The summed E-state index contributed by atoms with van der Waals surface area (Å²) in [6, 6.07) is 12.9.